The molecule has 5 heteroatoms. The van der Waals surface area contributed by atoms with Gasteiger partial charge in [0.15, 0.2) is 0 Å². The number of amides is 2. The van der Waals surface area contributed by atoms with Crippen molar-refractivity contribution >= 4 is 6.03 Å². The number of carbonyl (C=O) groups is 1. The summed E-state index contributed by atoms with van der Waals surface area (Å²) in [7, 11) is 0. The normalized spacial score (nSPS) is 24.8. The van der Waals surface area contributed by atoms with E-state index in [9.17, 15) is 14.3 Å². The lowest BCUT2D eigenvalue weighted by atomic mass is 9.79. The highest BCUT2D eigenvalue weighted by atomic mass is 19.1. The molecule has 0 saturated carbocycles. The number of hydrogen-bond acceptors (Lipinski definition) is 2. The fraction of sp³-hybridized carbons (Fsp3) is 0.533. The van der Waals surface area contributed by atoms with Crippen LogP contribution in [-0.2, 0) is 6.54 Å². The van der Waals surface area contributed by atoms with E-state index in [0.717, 1.165) is 0 Å². The maximum absolute atomic E-state index is 13.5. The van der Waals surface area contributed by atoms with E-state index in [2.05, 4.69) is 5.32 Å². The molecule has 1 aromatic rings. The number of carbonyl (C=O) groups excluding carboxylic acids is 1. The molecule has 0 bridgehead atoms. The third-order valence-corrected chi connectivity index (χ3v) is 4.22. The Bertz CT molecular complexity index is 498. The topological polar surface area (TPSA) is 52.6 Å². The number of nitrogens with one attached hydrogen (secondary N) is 1. The van der Waals surface area contributed by atoms with E-state index in [4.69, 9.17) is 0 Å². The minimum Gasteiger partial charge on any atom is -0.388 e. The van der Waals surface area contributed by atoms with Crippen LogP contribution < -0.4 is 5.32 Å². The number of urea groups is 1. The summed E-state index contributed by atoms with van der Waals surface area (Å²) in [6.45, 7) is 6.49. The molecule has 20 heavy (non-hydrogen) atoms. The van der Waals surface area contributed by atoms with Gasteiger partial charge >= 0.3 is 6.03 Å². The molecule has 4 nitrogen and oxygen atoms in total. The van der Waals surface area contributed by atoms with E-state index in [1.54, 1.807) is 30.0 Å². The van der Waals surface area contributed by atoms with E-state index in [-0.39, 0.29) is 30.4 Å². The molecule has 0 spiro atoms. The molecule has 1 atom stereocenters. The second-order valence-electron chi connectivity index (χ2n) is 6.26. The highest BCUT2D eigenvalue weighted by Gasteiger charge is 2.49. The number of aliphatic hydroxyl groups is 1. The molecule has 0 unspecified atom stereocenters. The molecule has 2 amide bonds. The summed E-state index contributed by atoms with van der Waals surface area (Å²) in [6, 6.07) is 6.07. The molecule has 1 aliphatic rings. The van der Waals surface area contributed by atoms with Gasteiger partial charge in [0, 0.05) is 24.1 Å². The summed E-state index contributed by atoms with van der Waals surface area (Å²) in [4.78, 5) is 13.7. The third kappa shape index (κ3) is 2.77. The van der Waals surface area contributed by atoms with Crippen LogP contribution in [0, 0.1) is 11.2 Å². The summed E-state index contributed by atoms with van der Waals surface area (Å²) < 4.78 is 13.5. The number of β-amino-alcohol motifs (C(OH)–C–C–N with tert-alkyl or cyclic N) is 1. The van der Waals surface area contributed by atoms with Crippen LogP contribution >= 0.6 is 0 Å². The Hall–Kier alpha value is -1.62. The van der Waals surface area contributed by atoms with Crippen molar-refractivity contribution in [3.8, 4) is 0 Å². The predicted octanol–water partition coefficient (Wildman–Crippen LogP) is 2.13. The molecule has 0 aromatic heterocycles. The Morgan fingerprint density at radius 3 is 2.55 bits per heavy atom. The fourth-order valence-electron chi connectivity index (χ4n) is 2.36. The lowest BCUT2D eigenvalue weighted by Crippen LogP contribution is -2.41. The van der Waals surface area contributed by atoms with Gasteiger partial charge in [-0.3, -0.25) is 0 Å². The van der Waals surface area contributed by atoms with Crippen molar-refractivity contribution in [3.63, 3.8) is 0 Å². The molecule has 1 aromatic carbocycles. The van der Waals surface area contributed by atoms with Gasteiger partial charge in [0.1, 0.15) is 5.82 Å². The summed E-state index contributed by atoms with van der Waals surface area (Å²) in [5.74, 6) is -0.332. The monoisotopic (exact) mass is 280 g/mol. The first-order valence-corrected chi connectivity index (χ1v) is 6.71. The van der Waals surface area contributed by atoms with Crippen LogP contribution in [0.1, 0.15) is 26.3 Å². The molecular weight excluding hydrogens is 259 g/mol. The van der Waals surface area contributed by atoms with E-state index < -0.39 is 5.60 Å². The molecule has 110 valence electrons. The van der Waals surface area contributed by atoms with E-state index in [0.29, 0.717) is 12.1 Å². The maximum atomic E-state index is 13.5. The van der Waals surface area contributed by atoms with Gasteiger partial charge < -0.3 is 15.3 Å². The first-order chi connectivity index (χ1) is 9.23. The average molecular weight is 280 g/mol. The van der Waals surface area contributed by atoms with Crippen molar-refractivity contribution in [2.24, 2.45) is 5.41 Å². The Morgan fingerprint density at radius 1 is 1.35 bits per heavy atom. The predicted molar refractivity (Wildman–Crippen MR) is 74.6 cm³/mol. The van der Waals surface area contributed by atoms with Gasteiger partial charge in [0.25, 0.3) is 0 Å². The van der Waals surface area contributed by atoms with Gasteiger partial charge in [0.2, 0.25) is 0 Å². The third-order valence-electron chi connectivity index (χ3n) is 4.22. The number of hydrogen-bond donors (Lipinski definition) is 2. The molecule has 0 radical (unpaired) electrons. The highest BCUT2D eigenvalue weighted by molar-refractivity contribution is 5.74. The Morgan fingerprint density at radius 2 is 2.00 bits per heavy atom. The van der Waals surface area contributed by atoms with Gasteiger partial charge in [-0.15, -0.1) is 0 Å². The average Bonchev–Trinajstić information content (AvgIpc) is 2.57. The molecule has 2 rings (SSSR count). The first kappa shape index (κ1) is 14.8. The molecule has 1 fully saturated rings. The Kier molecular flexibility index (Phi) is 3.73. The SMILES string of the molecule is CC1(C)CN(C(=O)NCc2ccccc2F)C[C@@]1(C)O. The van der Waals surface area contributed by atoms with Crippen LogP contribution in [0.4, 0.5) is 9.18 Å². The molecule has 1 aliphatic heterocycles. The fourth-order valence-corrected chi connectivity index (χ4v) is 2.36. The standard InChI is InChI=1S/C15H21FN2O2/c1-14(2)9-18(10-15(14,3)20)13(19)17-8-11-6-4-5-7-12(11)16/h4-7,20H,8-10H2,1-3H3,(H,17,19)/t15-/m1/s1. The number of halogens is 1. The molecule has 1 heterocycles. The van der Waals surface area contributed by atoms with Crippen molar-refractivity contribution in [2.45, 2.75) is 32.9 Å². The molecule has 1 saturated heterocycles. The van der Waals surface area contributed by atoms with Gasteiger partial charge in [-0.1, -0.05) is 32.0 Å². The molecule has 0 aliphatic carbocycles. The van der Waals surface area contributed by atoms with E-state index in [1.165, 1.54) is 6.07 Å². The van der Waals surface area contributed by atoms with Crippen LogP contribution in [0.15, 0.2) is 24.3 Å². The smallest absolute Gasteiger partial charge is 0.317 e. The van der Waals surface area contributed by atoms with E-state index >= 15 is 0 Å². The van der Waals surface area contributed by atoms with Crippen molar-refractivity contribution in [1.82, 2.24) is 10.2 Å². The highest BCUT2D eigenvalue weighted by Crippen LogP contribution is 2.38. The van der Waals surface area contributed by atoms with E-state index in [1.807, 2.05) is 13.8 Å². The summed E-state index contributed by atoms with van der Waals surface area (Å²) in [5.41, 5.74) is -0.823. The van der Waals surface area contributed by atoms with Gasteiger partial charge in [-0.05, 0) is 13.0 Å². The number of nitrogens with zero attached hydrogens (tertiary/aromatic N) is 1. The maximum Gasteiger partial charge on any atom is 0.317 e. The van der Waals surface area contributed by atoms with Crippen LogP contribution in [-0.4, -0.2) is 34.7 Å². The number of likely N-dealkylation sites (tertiary alicyclic amines) is 1. The minimum absolute atomic E-state index is 0.143. The zero-order valence-corrected chi connectivity index (χ0v) is 12.1. The molecule has 2 N–H and O–H groups in total. The zero-order chi connectivity index (χ0) is 15.0. The quantitative estimate of drug-likeness (QED) is 0.872. The van der Waals surface area contributed by atoms with Crippen LogP contribution in [0.25, 0.3) is 0 Å². The van der Waals surface area contributed by atoms with Crippen molar-refractivity contribution in [1.29, 1.82) is 0 Å². The lowest BCUT2D eigenvalue weighted by molar-refractivity contribution is -0.0104. The summed E-state index contributed by atoms with van der Waals surface area (Å²) in [6.07, 6.45) is 0. The van der Waals surface area contributed by atoms with Crippen LogP contribution in [0.5, 0.6) is 0 Å². The van der Waals surface area contributed by atoms with Gasteiger partial charge in [0.05, 0.1) is 12.1 Å². The van der Waals surface area contributed by atoms with Crippen LogP contribution in [0.3, 0.4) is 0 Å². The summed E-state index contributed by atoms with van der Waals surface area (Å²) in [5, 5.41) is 13.0. The number of benzene rings is 1. The second-order valence-corrected chi connectivity index (χ2v) is 6.26. The Labute approximate surface area is 118 Å². The number of rotatable bonds is 2. The van der Waals surface area contributed by atoms with Crippen LogP contribution in [0.2, 0.25) is 0 Å². The lowest BCUT2D eigenvalue weighted by Gasteiger charge is -2.30. The van der Waals surface area contributed by atoms with Gasteiger partial charge in [-0.2, -0.15) is 0 Å². The van der Waals surface area contributed by atoms with Crippen molar-refractivity contribution in [3.05, 3.63) is 35.6 Å². The van der Waals surface area contributed by atoms with Crippen molar-refractivity contribution in [2.75, 3.05) is 13.1 Å². The molecular formula is C15H21FN2O2. The van der Waals surface area contributed by atoms with Gasteiger partial charge in [-0.25, -0.2) is 9.18 Å². The second kappa shape index (κ2) is 5.05. The zero-order valence-electron chi connectivity index (χ0n) is 12.1. The minimum atomic E-state index is -0.914. The van der Waals surface area contributed by atoms with Crippen molar-refractivity contribution < 1.29 is 14.3 Å². The Balaban J connectivity index is 1.96. The first-order valence-electron chi connectivity index (χ1n) is 6.71. The summed E-state index contributed by atoms with van der Waals surface area (Å²) >= 11 is 0. The largest absolute Gasteiger partial charge is 0.388 e.